The third-order valence-electron chi connectivity index (χ3n) is 5.60. The van der Waals surface area contributed by atoms with Gasteiger partial charge in [0, 0.05) is 18.0 Å². The van der Waals surface area contributed by atoms with E-state index in [1.165, 1.54) is 5.56 Å². The molecular weight excluding hydrogens is 426 g/mol. The smallest absolute Gasteiger partial charge is 0.342 e. The fourth-order valence-electron chi connectivity index (χ4n) is 3.68. The van der Waals surface area contributed by atoms with Crippen LogP contribution in [0.5, 0.6) is 5.75 Å². The van der Waals surface area contributed by atoms with E-state index in [4.69, 9.17) is 15.2 Å². The monoisotopic (exact) mass is 455 g/mol. The lowest BCUT2D eigenvalue weighted by Gasteiger charge is -2.12. The minimum atomic E-state index is -0.459. The van der Waals surface area contributed by atoms with Gasteiger partial charge in [0.2, 0.25) is 0 Å². The van der Waals surface area contributed by atoms with Crippen LogP contribution in [0.2, 0.25) is 0 Å². The molecule has 2 heterocycles. The van der Waals surface area contributed by atoms with Gasteiger partial charge in [-0.15, -0.1) is 0 Å². The van der Waals surface area contributed by atoms with Gasteiger partial charge in [-0.3, -0.25) is 0 Å². The van der Waals surface area contributed by atoms with E-state index in [0.29, 0.717) is 35.3 Å². The number of nitrogens with two attached hydrogens (primary N) is 1. The maximum atomic E-state index is 12.7. The zero-order valence-corrected chi connectivity index (χ0v) is 19.7. The molecule has 0 amide bonds. The highest BCUT2D eigenvalue weighted by Gasteiger charge is 2.18. The largest absolute Gasteiger partial charge is 0.486 e. The van der Waals surface area contributed by atoms with Crippen molar-refractivity contribution in [2.75, 3.05) is 12.3 Å². The molecule has 0 atom stereocenters. The highest BCUT2D eigenvalue weighted by molar-refractivity contribution is 5.93. The third-order valence-corrected chi connectivity index (χ3v) is 5.60. The van der Waals surface area contributed by atoms with Crippen molar-refractivity contribution in [3.63, 3.8) is 0 Å². The highest BCUT2D eigenvalue weighted by atomic mass is 16.5. The maximum absolute atomic E-state index is 12.7. The third kappa shape index (κ3) is 5.12. The van der Waals surface area contributed by atoms with Gasteiger partial charge < -0.3 is 19.8 Å². The zero-order chi connectivity index (χ0) is 24.1. The molecule has 6 heteroatoms. The number of anilines is 1. The van der Waals surface area contributed by atoms with Crippen molar-refractivity contribution in [2.45, 2.75) is 33.3 Å². The van der Waals surface area contributed by atoms with Crippen LogP contribution in [0.25, 0.3) is 16.9 Å². The van der Waals surface area contributed by atoms with E-state index in [1.807, 2.05) is 41.1 Å². The molecule has 4 aromatic rings. The van der Waals surface area contributed by atoms with Crippen LogP contribution in [0, 0.1) is 0 Å². The molecule has 0 aliphatic carbocycles. The molecule has 34 heavy (non-hydrogen) atoms. The number of carbonyl (C=O) groups is 1. The van der Waals surface area contributed by atoms with Crippen molar-refractivity contribution < 1.29 is 14.3 Å². The van der Waals surface area contributed by atoms with Crippen molar-refractivity contribution in [3.8, 4) is 22.7 Å². The van der Waals surface area contributed by atoms with Crippen LogP contribution < -0.4 is 10.5 Å². The Labute approximate surface area is 200 Å². The molecule has 174 valence electrons. The van der Waals surface area contributed by atoms with Gasteiger partial charge in [-0.2, -0.15) is 0 Å². The van der Waals surface area contributed by atoms with E-state index in [-0.39, 0.29) is 6.61 Å². The number of carbonyl (C=O) groups excluding carboxylic acids is 1. The molecular formula is C28H29N3O3. The maximum Gasteiger partial charge on any atom is 0.342 e. The van der Waals surface area contributed by atoms with Crippen LogP contribution >= 0.6 is 0 Å². The summed E-state index contributed by atoms with van der Waals surface area (Å²) in [5.41, 5.74) is 11.5. The lowest BCUT2D eigenvalue weighted by atomic mass is 9.99. The molecule has 0 aliphatic heterocycles. The topological polar surface area (TPSA) is 79.4 Å². The average Bonchev–Trinajstić information content (AvgIpc) is 3.25. The number of hydrogen-bond donors (Lipinski definition) is 1. The molecule has 0 aliphatic rings. The van der Waals surface area contributed by atoms with Gasteiger partial charge in [0.15, 0.2) is 5.75 Å². The van der Waals surface area contributed by atoms with Crippen LogP contribution in [0.4, 0.5) is 5.69 Å². The second kappa shape index (κ2) is 10.3. The number of nitrogen functional groups attached to an aromatic ring is 1. The fraction of sp³-hybridized carbons (Fsp3) is 0.214. The molecule has 0 bridgehead atoms. The summed E-state index contributed by atoms with van der Waals surface area (Å²) in [6.07, 6.45) is 5.27. The molecule has 2 aromatic carbocycles. The second-order valence-electron chi connectivity index (χ2n) is 8.34. The minimum Gasteiger partial charge on any atom is -0.486 e. The molecule has 0 saturated carbocycles. The lowest BCUT2D eigenvalue weighted by molar-refractivity contribution is 0.0521. The summed E-state index contributed by atoms with van der Waals surface area (Å²) in [4.78, 5) is 17.2. The summed E-state index contributed by atoms with van der Waals surface area (Å²) in [5, 5.41) is 0. The van der Waals surface area contributed by atoms with Gasteiger partial charge in [-0.05, 0) is 35.6 Å². The SMILES string of the molecule is CCOC(=O)c1cc(-n2cc(N)c(-c3ccc(C(C)C)cc3)c2)ncc1OCc1ccccc1. The second-order valence-corrected chi connectivity index (χ2v) is 8.34. The molecule has 0 fully saturated rings. The number of benzene rings is 2. The van der Waals surface area contributed by atoms with E-state index in [0.717, 1.165) is 16.7 Å². The summed E-state index contributed by atoms with van der Waals surface area (Å²) in [6.45, 7) is 6.69. The highest BCUT2D eigenvalue weighted by Crippen LogP contribution is 2.30. The zero-order valence-electron chi connectivity index (χ0n) is 19.7. The first-order chi connectivity index (χ1) is 16.5. The van der Waals surface area contributed by atoms with Crippen molar-refractivity contribution >= 4 is 11.7 Å². The van der Waals surface area contributed by atoms with Crippen LogP contribution in [-0.4, -0.2) is 22.1 Å². The van der Waals surface area contributed by atoms with Gasteiger partial charge in [0.25, 0.3) is 0 Å². The molecule has 2 aromatic heterocycles. The van der Waals surface area contributed by atoms with Crippen molar-refractivity contribution in [2.24, 2.45) is 0 Å². The Morgan fingerprint density at radius 2 is 1.79 bits per heavy atom. The first-order valence-electron chi connectivity index (χ1n) is 11.4. The van der Waals surface area contributed by atoms with E-state index < -0.39 is 5.97 Å². The summed E-state index contributed by atoms with van der Waals surface area (Å²) >= 11 is 0. The molecule has 4 rings (SSSR count). The van der Waals surface area contributed by atoms with E-state index >= 15 is 0 Å². The van der Waals surface area contributed by atoms with Crippen LogP contribution in [0.3, 0.4) is 0 Å². The van der Waals surface area contributed by atoms with Crippen molar-refractivity contribution in [1.29, 1.82) is 0 Å². The Morgan fingerprint density at radius 3 is 2.47 bits per heavy atom. The Bertz CT molecular complexity index is 1260. The Morgan fingerprint density at radius 1 is 1.06 bits per heavy atom. The van der Waals surface area contributed by atoms with Crippen molar-refractivity contribution in [1.82, 2.24) is 9.55 Å². The summed E-state index contributed by atoms with van der Waals surface area (Å²) in [6, 6.07) is 19.8. The quantitative estimate of drug-likeness (QED) is 0.330. The first kappa shape index (κ1) is 23.1. The van der Waals surface area contributed by atoms with Gasteiger partial charge in [-0.25, -0.2) is 9.78 Å². The average molecular weight is 456 g/mol. The summed E-state index contributed by atoms with van der Waals surface area (Å²) in [7, 11) is 0. The normalized spacial score (nSPS) is 10.9. The Balaban J connectivity index is 1.64. The standard InChI is InChI=1S/C28H29N3O3/c1-4-33-28(32)23-14-27(30-15-26(23)34-18-20-8-6-5-7-9-20)31-16-24(25(29)17-31)22-12-10-21(11-13-22)19(2)3/h5-17,19H,4,18,29H2,1-3H3. The molecule has 2 N–H and O–H groups in total. The number of nitrogens with zero attached hydrogens (tertiary/aromatic N) is 2. The Hall–Kier alpha value is -4.06. The van der Waals surface area contributed by atoms with Crippen LogP contribution in [-0.2, 0) is 11.3 Å². The molecule has 0 unspecified atom stereocenters. The van der Waals surface area contributed by atoms with Gasteiger partial charge in [0.05, 0.1) is 18.5 Å². The number of esters is 1. The number of ether oxygens (including phenoxy) is 2. The molecule has 0 radical (unpaired) electrons. The molecule has 6 nitrogen and oxygen atoms in total. The summed E-state index contributed by atoms with van der Waals surface area (Å²) < 4.78 is 13.0. The number of aromatic nitrogens is 2. The first-order valence-corrected chi connectivity index (χ1v) is 11.4. The van der Waals surface area contributed by atoms with E-state index in [2.05, 4.69) is 43.1 Å². The molecule has 0 spiro atoms. The van der Waals surface area contributed by atoms with E-state index in [9.17, 15) is 4.79 Å². The summed E-state index contributed by atoms with van der Waals surface area (Å²) in [5.74, 6) is 0.922. The van der Waals surface area contributed by atoms with Gasteiger partial charge in [0.1, 0.15) is 18.0 Å². The fourth-order valence-corrected chi connectivity index (χ4v) is 3.68. The van der Waals surface area contributed by atoms with Gasteiger partial charge in [-0.1, -0.05) is 68.4 Å². The molecule has 0 saturated heterocycles. The number of rotatable bonds is 8. The minimum absolute atomic E-state index is 0.265. The number of hydrogen-bond acceptors (Lipinski definition) is 5. The predicted octanol–water partition coefficient (Wildman–Crippen LogP) is 6.00. The van der Waals surface area contributed by atoms with E-state index in [1.54, 1.807) is 25.4 Å². The number of pyridine rings is 1. The predicted molar refractivity (Wildman–Crippen MR) is 134 cm³/mol. The Kier molecular flexibility index (Phi) is 6.97. The lowest BCUT2D eigenvalue weighted by Crippen LogP contribution is -2.10. The van der Waals surface area contributed by atoms with Crippen LogP contribution in [0.1, 0.15) is 48.2 Å². The van der Waals surface area contributed by atoms with Crippen LogP contribution in [0.15, 0.2) is 79.3 Å². The van der Waals surface area contributed by atoms with Crippen molar-refractivity contribution in [3.05, 3.63) is 95.9 Å². The van der Waals surface area contributed by atoms with Gasteiger partial charge >= 0.3 is 5.97 Å².